The van der Waals surface area contributed by atoms with Crippen molar-refractivity contribution in [1.29, 1.82) is 0 Å². The van der Waals surface area contributed by atoms with E-state index in [0.29, 0.717) is 0 Å². The highest BCUT2D eigenvalue weighted by Crippen LogP contribution is 2.10. The van der Waals surface area contributed by atoms with Gasteiger partial charge >= 0.3 is 0 Å². The van der Waals surface area contributed by atoms with Crippen LogP contribution in [-0.4, -0.2) is 42.4 Å². The van der Waals surface area contributed by atoms with E-state index < -0.39 is 0 Å². The average Bonchev–Trinajstić information content (AvgIpc) is 2.55. The molecule has 3 nitrogen and oxygen atoms in total. The highest BCUT2D eigenvalue weighted by molar-refractivity contribution is 5.14. The summed E-state index contributed by atoms with van der Waals surface area (Å²) in [6.07, 6.45) is 1.02. The molecule has 0 spiro atoms. The number of nitrogens with zero attached hydrogens (tertiary/aromatic N) is 1. The zero-order valence-corrected chi connectivity index (χ0v) is 9.51. The Morgan fingerprint density at radius 1 is 1.31 bits per heavy atom. The fourth-order valence-electron chi connectivity index (χ4n) is 2.07. The van der Waals surface area contributed by atoms with Crippen molar-refractivity contribution in [3.05, 3.63) is 35.9 Å². The van der Waals surface area contributed by atoms with Gasteiger partial charge in [0.05, 0.1) is 12.7 Å². The van der Waals surface area contributed by atoms with Gasteiger partial charge in [-0.1, -0.05) is 30.3 Å². The van der Waals surface area contributed by atoms with Gasteiger partial charge in [-0.3, -0.25) is 4.90 Å². The van der Waals surface area contributed by atoms with Crippen molar-refractivity contribution in [1.82, 2.24) is 4.90 Å². The second-order valence-corrected chi connectivity index (χ2v) is 4.25. The van der Waals surface area contributed by atoms with Crippen molar-refractivity contribution < 1.29 is 9.84 Å². The van der Waals surface area contributed by atoms with Crippen molar-refractivity contribution in [2.75, 3.05) is 26.3 Å². The van der Waals surface area contributed by atoms with Crippen molar-refractivity contribution >= 4 is 0 Å². The normalized spacial score (nSPS) is 22.9. The van der Waals surface area contributed by atoms with E-state index in [1.54, 1.807) is 0 Å². The predicted molar refractivity (Wildman–Crippen MR) is 63.2 cm³/mol. The molecular weight excluding hydrogens is 202 g/mol. The number of rotatable bonds is 3. The number of hydrogen-bond donors (Lipinski definition) is 1. The van der Waals surface area contributed by atoms with Crippen LogP contribution >= 0.6 is 0 Å². The molecule has 0 bridgehead atoms. The second-order valence-electron chi connectivity index (χ2n) is 4.25. The molecule has 1 N–H and O–H groups in total. The molecule has 1 saturated heterocycles. The third-order valence-corrected chi connectivity index (χ3v) is 2.89. The van der Waals surface area contributed by atoms with Crippen LogP contribution in [0.1, 0.15) is 12.0 Å². The van der Waals surface area contributed by atoms with Crippen LogP contribution in [0.5, 0.6) is 0 Å². The molecule has 1 aliphatic heterocycles. The number of aliphatic hydroxyl groups is 1. The van der Waals surface area contributed by atoms with Crippen LogP contribution < -0.4 is 0 Å². The van der Waals surface area contributed by atoms with Crippen molar-refractivity contribution in [3.8, 4) is 0 Å². The maximum atomic E-state index is 9.15. The van der Waals surface area contributed by atoms with Crippen molar-refractivity contribution in [3.63, 3.8) is 0 Å². The van der Waals surface area contributed by atoms with E-state index >= 15 is 0 Å². The molecule has 3 heteroatoms. The molecule has 0 amide bonds. The first-order chi connectivity index (χ1) is 7.88. The van der Waals surface area contributed by atoms with Crippen LogP contribution in [0.3, 0.4) is 0 Å². The minimum absolute atomic E-state index is 0.0220. The molecule has 0 aromatic heterocycles. The lowest BCUT2D eigenvalue weighted by molar-refractivity contribution is 0.0129. The molecule has 16 heavy (non-hydrogen) atoms. The lowest BCUT2D eigenvalue weighted by Crippen LogP contribution is -2.33. The van der Waals surface area contributed by atoms with Crippen LogP contribution in [0, 0.1) is 0 Å². The molecule has 1 atom stereocenters. The van der Waals surface area contributed by atoms with Gasteiger partial charge in [-0.25, -0.2) is 0 Å². The molecular formula is C13H19NO2. The second kappa shape index (κ2) is 5.99. The highest BCUT2D eigenvalue weighted by Gasteiger charge is 2.17. The Morgan fingerprint density at radius 2 is 2.12 bits per heavy atom. The van der Waals surface area contributed by atoms with Gasteiger partial charge < -0.3 is 9.84 Å². The van der Waals surface area contributed by atoms with E-state index in [2.05, 4.69) is 29.2 Å². The smallest absolute Gasteiger partial charge is 0.0932 e. The summed E-state index contributed by atoms with van der Waals surface area (Å²) in [7, 11) is 0. The van der Waals surface area contributed by atoms with Gasteiger partial charge in [-0.2, -0.15) is 0 Å². The van der Waals surface area contributed by atoms with Gasteiger partial charge in [-0.15, -0.1) is 0 Å². The molecule has 1 fully saturated rings. The van der Waals surface area contributed by atoms with E-state index in [1.807, 2.05) is 6.07 Å². The van der Waals surface area contributed by atoms with E-state index in [4.69, 9.17) is 9.84 Å². The summed E-state index contributed by atoms with van der Waals surface area (Å²) in [4.78, 5) is 2.35. The van der Waals surface area contributed by atoms with Crippen LogP contribution in [-0.2, 0) is 11.3 Å². The van der Waals surface area contributed by atoms with Crippen molar-refractivity contribution in [2.24, 2.45) is 0 Å². The van der Waals surface area contributed by atoms with Crippen LogP contribution in [0.2, 0.25) is 0 Å². The maximum Gasteiger partial charge on any atom is 0.0932 e. The lowest BCUT2D eigenvalue weighted by atomic mass is 10.2. The first-order valence-corrected chi connectivity index (χ1v) is 5.87. The van der Waals surface area contributed by atoms with Gasteiger partial charge in [-0.05, 0) is 12.0 Å². The van der Waals surface area contributed by atoms with Crippen LogP contribution in [0.25, 0.3) is 0 Å². The standard InChI is InChI=1S/C13H19NO2/c15-11-13-10-14(7-4-8-16-13)9-12-5-2-1-3-6-12/h1-3,5-6,13,15H,4,7-11H2/t13-/m0/s1. The fraction of sp³-hybridized carbons (Fsp3) is 0.538. The Bertz CT molecular complexity index is 302. The summed E-state index contributed by atoms with van der Waals surface area (Å²) in [6.45, 7) is 3.69. The summed E-state index contributed by atoms with van der Waals surface area (Å²) in [5, 5.41) is 9.15. The zero-order chi connectivity index (χ0) is 11.2. The zero-order valence-electron chi connectivity index (χ0n) is 9.51. The average molecular weight is 221 g/mol. The molecule has 0 radical (unpaired) electrons. The number of aliphatic hydroxyl groups excluding tert-OH is 1. The first-order valence-electron chi connectivity index (χ1n) is 5.87. The maximum absolute atomic E-state index is 9.15. The van der Waals surface area contributed by atoms with Crippen molar-refractivity contribution in [2.45, 2.75) is 19.1 Å². The molecule has 88 valence electrons. The topological polar surface area (TPSA) is 32.7 Å². The van der Waals surface area contributed by atoms with Crippen LogP contribution in [0.15, 0.2) is 30.3 Å². The summed E-state index contributed by atoms with van der Waals surface area (Å²) in [5.74, 6) is 0. The van der Waals surface area contributed by atoms with Gasteiger partial charge in [0.25, 0.3) is 0 Å². The van der Waals surface area contributed by atoms with E-state index in [0.717, 1.165) is 32.7 Å². The summed E-state index contributed by atoms with van der Waals surface area (Å²) < 4.78 is 5.53. The summed E-state index contributed by atoms with van der Waals surface area (Å²) >= 11 is 0. The predicted octanol–water partition coefficient (Wildman–Crippen LogP) is 1.27. The van der Waals surface area contributed by atoms with Gasteiger partial charge in [0.15, 0.2) is 0 Å². The van der Waals surface area contributed by atoms with E-state index in [1.165, 1.54) is 5.56 Å². The molecule has 2 rings (SSSR count). The SMILES string of the molecule is OC[C@@H]1CN(Cc2ccccc2)CCCO1. The van der Waals surface area contributed by atoms with Gasteiger partial charge in [0.2, 0.25) is 0 Å². The Morgan fingerprint density at radius 3 is 2.88 bits per heavy atom. The Hall–Kier alpha value is -0.900. The van der Waals surface area contributed by atoms with Gasteiger partial charge in [0.1, 0.15) is 0 Å². The minimum atomic E-state index is -0.0220. The Kier molecular flexibility index (Phi) is 4.34. The third kappa shape index (κ3) is 3.30. The molecule has 0 saturated carbocycles. The van der Waals surface area contributed by atoms with E-state index in [-0.39, 0.29) is 12.7 Å². The fourth-order valence-corrected chi connectivity index (χ4v) is 2.07. The largest absolute Gasteiger partial charge is 0.394 e. The summed E-state index contributed by atoms with van der Waals surface area (Å²) in [5.41, 5.74) is 1.32. The molecule has 1 aromatic carbocycles. The lowest BCUT2D eigenvalue weighted by Gasteiger charge is -2.22. The molecule has 1 heterocycles. The number of benzene rings is 1. The Balaban J connectivity index is 1.93. The molecule has 1 aromatic rings. The Labute approximate surface area is 96.6 Å². The number of ether oxygens (including phenoxy) is 1. The molecule has 0 unspecified atom stereocenters. The monoisotopic (exact) mass is 221 g/mol. The summed E-state index contributed by atoms with van der Waals surface area (Å²) in [6, 6.07) is 10.4. The molecule has 0 aliphatic carbocycles. The highest BCUT2D eigenvalue weighted by atomic mass is 16.5. The third-order valence-electron chi connectivity index (χ3n) is 2.89. The quantitative estimate of drug-likeness (QED) is 0.834. The van der Waals surface area contributed by atoms with E-state index in [9.17, 15) is 0 Å². The van der Waals surface area contributed by atoms with Crippen LogP contribution in [0.4, 0.5) is 0 Å². The number of hydrogen-bond acceptors (Lipinski definition) is 3. The first kappa shape index (κ1) is 11.6. The minimum Gasteiger partial charge on any atom is -0.394 e. The van der Waals surface area contributed by atoms with Gasteiger partial charge in [0, 0.05) is 26.2 Å². The molecule has 1 aliphatic rings.